The molecule has 0 aliphatic rings. The maximum atomic E-state index is 13.6. The number of hydrogen-bond donors (Lipinski definition) is 6. The Morgan fingerprint density at radius 2 is 1.00 bits per heavy atom. The number of aliphatic hydroxyl groups is 1. The third kappa shape index (κ3) is 23.4. The van der Waals surface area contributed by atoms with Crippen molar-refractivity contribution >= 4 is 35.6 Å². The van der Waals surface area contributed by atoms with Crippen molar-refractivity contribution in [2.24, 2.45) is 23.7 Å². The molecular weight excluding hydrogens is 668 g/mol. The van der Waals surface area contributed by atoms with E-state index in [1.807, 2.05) is 41.5 Å². The number of esters is 1. The first-order valence-corrected chi connectivity index (χ1v) is 19.6. The molecule has 1 unspecified atom stereocenters. The summed E-state index contributed by atoms with van der Waals surface area (Å²) in [7, 11) is 1.22. The van der Waals surface area contributed by atoms with Gasteiger partial charge >= 0.3 is 11.9 Å². The first kappa shape index (κ1) is 48.8. The van der Waals surface area contributed by atoms with Gasteiger partial charge in [0.1, 0.15) is 24.2 Å². The summed E-state index contributed by atoms with van der Waals surface area (Å²) in [6, 6.07) is -4.48. The molecule has 52 heavy (non-hydrogen) atoms. The van der Waals surface area contributed by atoms with Crippen molar-refractivity contribution in [1.29, 1.82) is 0 Å². The molecule has 0 spiro atoms. The van der Waals surface area contributed by atoms with Crippen LogP contribution >= 0.6 is 0 Å². The van der Waals surface area contributed by atoms with Gasteiger partial charge in [-0.25, -0.2) is 4.79 Å². The predicted molar refractivity (Wildman–Crippen MR) is 202 cm³/mol. The molecule has 0 saturated heterocycles. The van der Waals surface area contributed by atoms with E-state index < -0.39 is 65.8 Å². The Bertz CT molecular complexity index is 1080. The van der Waals surface area contributed by atoms with Crippen molar-refractivity contribution in [3.05, 3.63) is 0 Å². The Morgan fingerprint density at radius 3 is 1.44 bits per heavy atom. The van der Waals surface area contributed by atoms with Gasteiger partial charge in [0.25, 0.3) is 0 Å². The number of carboxylic acid groups (broad SMARTS) is 1. The van der Waals surface area contributed by atoms with Gasteiger partial charge in [-0.3, -0.25) is 24.0 Å². The smallest absolute Gasteiger partial charge is 0.326 e. The highest BCUT2D eigenvalue weighted by Gasteiger charge is 2.32. The summed E-state index contributed by atoms with van der Waals surface area (Å²) in [6.07, 6.45) is 8.56. The molecule has 0 rings (SSSR count). The van der Waals surface area contributed by atoms with Crippen molar-refractivity contribution in [1.82, 2.24) is 21.3 Å². The number of methoxy groups -OCH3 is 1. The normalized spacial score (nSPS) is 14.9. The first-order chi connectivity index (χ1) is 24.4. The molecule has 302 valence electrons. The minimum absolute atomic E-state index is 0.00463. The number of hydrogen-bond acceptors (Lipinski definition) is 8. The zero-order valence-corrected chi connectivity index (χ0v) is 33.6. The summed E-state index contributed by atoms with van der Waals surface area (Å²) in [5.74, 6) is -3.61. The number of aliphatic hydroxyl groups excluding tert-OH is 1. The second-order valence-electron chi connectivity index (χ2n) is 15.7. The highest BCUT2D eigenvalue weighted by atomic mass is 16.5. The molecule has 0 aliphatic heterocycles. The molecule has 13 heteroatoms. The molecule has 0 aliphatic carbocycles. The lowest BCUT2D eigenvalue weighted by Crippen LogP contribution is -2.58. The molecule has 0 radical (unpaired) electrons. The van der Waals surface area contributed by atoms with E-state index in [0.717, 1.165) is 31.6 Å². The fourth-order valence-corrected chi connectivity index (χ4v) is 5.90. The van der Waals surface area contributed by atoms with E-state index in [1.165, 1.54) is 32.8 Å². The fourth-order valence-electron chi connectivity index (χ4n) is 5.90. The fraction of sp³-hybridized carbons (Fsp3) is 0.846. The highest BCUT2D eigenvalue weighted by Crippen LogP contribution is 2.16. The van der Waals surface area contributed by atoms with Gasteiger partial charge in [0.15, 0.2) is 0 Å². The summed E-state index contributed by atoms with van der Waals surface area (Å²) in [5, 5.41) is 30.8. The zero-order chi connectivity index (χ0) is 39.8. The average molecular weight is 741 g/mol. The summed E-state index contributed by atoms with van der Waals surface area (Å²) in [5.41, 5.74) is 0. The number of amides is 4. The van der Waals surface area contributed by atoms with Gasteiger partial charge in [0, 0.05) is 6.42 Å². The minimum atomic E-state index is -1.20. The van der Waals surface area contributed by atoms with E-state index in [1.54, 1.807) is 0 Å². The van der Waals surface area contributed by atoms with Gasteiger partial charge in [-0.1, -0.05) is 107 Å². The van der Waals surface area contributed by atoms with Gasteiger partial charge < -0.3 is 36.2 Å². The number of aliphatic carboxylic acids is 1. The zero-order valence-electron chi connectivity index (χ0n) is 33.6. The van der Waals surface area contributed by atoms with E-state index in [-0.39, 0.29) is 56.3 Å². The summed E-state index contributed by atoms with van der Waals surface area (Å²) >= 11 is 0. The van der Waals surface area contributed by atoms with Crippen LogP contribution in [0.1, 0.15) is 152 Å². The lowest BCUT2D eigenvalue weighted by molar-refractivity contribution is -0.143. The molecule has 4 amide bonds. The summed E-state index contributed by atoms with van der Waals surface area (Å²) in [4.78, 5) is 77.2. The molecule has 0 heterocycles. The lowest BCUT2D eigenvalue weighted by atomic mass is 9.98. The molecule has 0 aromatic rings. The van der Waals surface area contributed by atoms with E-state index >= 15 is 0 Å². The van der Waals surface area contributed by atoms with Crippen LogP contribution in [-0.4, -0.2) is 83.2 Å². The van der Waals surface area contributed by atoms with Crippen LogP contribution in [-0.2, 0) is 33.5 Å². The second-order valence-corrected chi connectivity index (χ2v) is 15.7. The minimum Gasteiger partial charge on any atom is -0.480 e. The van der Waals surface area contributed by atoms with Crippen LogP contribution in [0.3, 0.4) is 0 Å². The maximum Gasteiger partial charge on any atom is 0.326 e. The Hall–Kier alpha value is -3.22. The Labute approximate surface area is 312 Å². The molecule has 6 atom stereocenters. The van der Waals surface area contributed by atoms with E-state index in [0.29, 0.717) is 6.42 Å². The first-order valence-electron chi connectivity index (χ1n) is 19.6. The largest absolute Gasteiger partial charge is 0.480 e. The van der Waals surface area contributed by atoms with Gasteiger partial charge in [0.05, 0.1) is 19.6 Å². The molecule has 0 aromatic heterocycles. The van der Waals surface area contributed by atoms with E-state index in [4.69, 9.17) is 4.74 Å². The van der Waals surface area contributed by atoms with Gasteiger partial charge in [-0.05, 0) is 55.8 Å². The quantitative estimate of drug-likeness (QED) is 0.0450. The predicted octanol–water partition coefficient (Wildman–Crippen LogP) is 5.02. The van der Waals surface area contributed by atoms with Crippen molar-refractivity contribution in [3.8, 4) is 0 Å². The van der Waals surface area contributed by atoms with Crippen LogP contribution in [0.15, 0.2) is 0 Å². The SMILES string of the molecule is CCC(C)CCCCCCCC[C@@H](O)CC(=O)N[C@@H](CCC(=O)OC)C(=O)N[C@@H](CC(C)C)C(=O)N[C@@H](CC(C)C)C(=O)N[C@@H](CC(C)C)C(=O)O. The third-order valence-corrected chi connectivity index (χ3v) is 9.12. The summed E-state index contributed by atoms with van der Waals surface area (Å²) in [6.45, 7) is 15.6. The number of nitrogens with one attached hydrogen (secondary N) is 4. The Morgan fingerprint density at radius 1 is 0.577 bits per heavy atom. The molecule has 0 saturated carbocycles. The number of carbonyl (C=O) groups is 6. The highest BCUT2D eigenvalue weighted by molar-refractivity contribution is 5.95. The Balaban J connectivity index is 5.56. The van der Waals surface area contributed by atoms with Crippen LogP contribution in [0.4, 0.5) is 0 Å². The second kappa shape index (κ2) is 27.4. The van der Waals surface area contributed by atoms with Crippen molar-refractivity contribution in [2.75, 3.05) is 7.11 Å². The van der Waals surface area contributed by atoms with Crippen LogP contribution in [0, 0.1) is 23.7 Å². The summed E-state index contributed by atoms with van der Waals surface area (Å²) < 4.78 is 4.72. The lowest BCUT2D eigenvalue weighted by Gasteiger charge is -2.27. The van der Waals surface area contributed by atoms with Crippen molar-refractivity contribution < 1.29 is 43.7 Å². The van der Waals surface area contributed by atoms with Crippen LogP contribution in [0.25, 0.3) is 0 Å². The van der Waals surface area contributed by atoms with Gasteiger partial charge in [0.2, 0.25) is 23.6 Å². The van der Waals surface area contributed by atoms with Crippen LogP contribution in [0.5, 0.6) is 0 Å². The number of carbonyl (C=O) groups excluding carboxylic acids is 5. The average Bonchev–Trinajstić information content (AvgIpc) is 3.05. The number of unbranched alkanes of at least 4 members (excludes halogenated alkanes) is 5. The van der Waals surface area contributed by atoms with E-state index in [2.05, 4.69) is 35.1 Å². The molecule has 13 nitrogen and oxygen atoms in total. The third-order valence-electron chi connectivity index (χ3n) is 9.12. The molecule has 6 N–H and O–H groups in total. The molecule has 0 bridgehead atoms. The Kier molecular flexibility index (Phi) is 25.7. The molecular formula is C39H72N4O9. The van der Waals surface area contributed by atoms with Crippen LogP contribution in [0.2, 0.25) is 0 Å². The number of carboxylic acids is 1. The number of ether oxygens (including phenoxy) is 1. The standard InChI is InChI=1S/C39H72N4O9/c1-10-28(8)17-15-13-11-12-14-16-18-29(44)24-34(45)40-30(19-20-35(46)52-9)36(47)41-31(21-25(2)3)37(48)42-32(22-26(4)5)38(49)43-33(39(50)51)23-27(6)7/h25-33,44H,10-24H2,1-9H3,(H,40,45)(H,41,47)(H,42,48)(H,43,49)(H,50,51)/t28?,29-,30+,31+,32+,33+/m1/s1. The topological polar surface area (TPSA) is 200 Å². The van der Waals surface area contributed by atoms with Crippen molar-refractivity contribution in [3.63, 3.8) is 0 Å². The van der Waals surface area contributed by atoms with Gasteiger partial charge in [-0.15, -0.1) is 0 Å². The molecule has 0 aromatic carbocycles. The number of rotatable bonds is 29. The maximum absolute atomic E-state index is 13.6. The van der Waals surface area contributed by atoms with Crippen LogP contribution < -0.4 is 21.3 Å². The van der Waals surface area contributed by atoms with Gasteiger partial charge in [-0.2, -0.15) is 0 Å². The van der Waals surface area contributed by atoms with E-state index in [9.17, 15) is 39.0 Å². The molecule has 0 fully saturated rings. The monoisotopic (exact) mass is 741 g/mol. The van der Waals surface area contributed by atoms with Crippen molar-refractivity contribution in [2.45, 2.75) is 182 Å².